The van der Waals surface area contributed by atoms with Gasteiger partial charge in [-0.1, -0.05) is 44.3 Å². The Morgan fingerprint density at radius 2 is 1.68 bits per heavy atom. The van der Waals surface area contributed by atoms with Gasteiger partial charge in [0, 0.05) is 13.0 Å². The normalized spacial score (nSPS) is 43.3. The number of epoxide rings is 1. The molecule has 38 heavy (non-hydrogen) atoms. The average Bonchev–Trinajstić information content (AvgIpc) is 3.32. The SMILES string of the molecule is COC12OCC3C1(C)C(OS(=O)(=O)c1ccc(C)cc1)=C([Si](C)(C)C)C1(C(C)CC4OC431)C2O[Si](C)(C)C. The molecule has 2 saturated carbocycles. The first kappa shape index (κ1) is 27.2. The molecule has 210 valence electrons. The van der Waals surface area contributed by atoms with Crippen molar-refractivity contribution in [3.8, 4) is 0 Å². The zero-order chi connectivity index (χ0) is 27.9. The number of benzene rings is 1. The highest BCUT2D eigenvalue weighted by atomic mass is 32.2. The van der Waals surface area contributed by atoms with Gasteiger partial charge in [0.2, 0.25) is 5.79 Å². The minimum absolute atomic E-state index is 0.102. The highest BCUT2D eigenvalue weighted by molar-refractivity contribution is 7.86. The van der Waals surface area contributed by atoms with E-state index in [1.165, 1.54) is 0 Å². The molecule has 2 heterocycles. The highest BCUT2D eigenvalue weighted by Crippen LogP contribution is 2.86. The van der Waals surface area contributed by atoms with E-state index in [1.54, 1.807) is 31.4 Å². The van der Waals surface area contributed by atoms with Crippen LogP contribution in [0.5, 0.6) is 0 Å². The maximum Gasteiger partial charge on any atom is 0.338 e. The summed E-state index contributed by atoms with van der Waals surface area (Å²) in [6.45, 7) is 20.1. The van der Waals surface area contributed by atoms with Crippen LogP contribution in [0.2, 0.25) is 39.3 Å². The van der Waals surface area contributed by atoms with E-state index in [1.807, 2.05) is 6.92 Å². The Labute approximate surface area is 229 Å². The Hall–Kier alpha value is -1.02. The van der Waals surface area contributed by atoms with Crippen molar-refractivity contribution < 1.29 is 31.2 Å². The van der Waals surface area contributed by atoms with Crippen LogP contribution in [0.25, 0.3) is 0 Å². The minimum Gasteiger partial charge on any atom is -0.408 e. The van der Waals surface area contributed by atoms with E-state index in [2.05, 4.69) is 53.1 Å². The zero-order valence-electron chi connectivity index (χ0n) is 24.3. The summed E-state index contributed by atoms with van der Waals surface area (Å²) >= 11 is 0. The molecule has 1 aromatic rings. The third-order valence-electron chi connectivity index (χ3n) is 10.1. The lowest BCUT2D eigenvalue weighted by atomic mass is 9.44. The smallest absolute Gasteiger partial charge is 0.338 e. The molecule has 0 N–H and O–H groups in total. The summed E-state index contributed by atoms with van der Waals surface area (Å²) in [5.41, 5.74) is -0.960. The van der Waals surface area contributed by atoms with E-state index in [-0.39, 0.29) is 22.8 Å². The fourth-order valence-electron chi connectivity index (χ4n) is 8.90. The van der Waals surface area contributed by atoms with E-state index in [4.69, 9.17) is 22.8 Å². The summed E-state index contributed by atoms with van der Waals surface area (Å²) in [6.07, 6.45) is 0.589. The molecule has 8 unspecified atom stereocenters. The van der Waals surface area contributed by atoms with Crippen molar-refractivity contribution in [3.05, 3.63) is 40.8 Å². The number of hydrogen-bond acceptors (Lipinski definition) is 7. The van der Waals surface area contributed by atoms with Crippen molar-refractivity contribution in [2.75, 3.05) is 13.7 Å². The van der Waals surface area contributed by atoms with Crippen LogP contribution in [0.4, 0.5) is 0 Å². The summed E-state index contributed by atoms with van der Waals surface area (Å²) in [4.78, 5) is 0.150. The number of aryl methyl sites for hydroxylation is 1. The lowest BCUT2D eigenvalue weighted by Crippen LogP contribution is -2.79. The standard InChI is InChI=1S/C28H42O7SSi2/c1-17-11-13-19(14-12-17)36(29,30)34-22-23(37(5,6)7)26-18(2)15-21-27(26,33-21)20-16-32-28(31-4,25(20,22)3)24(26)35-38(8,9)10/h11-14,18,20-21,24H,15-16H2,1-10H3. The molecule has 7 nitrogen and oxygen atoms in total. The Bertz CT molecular complexity index is 1330. The third kappa shape index (κ3) is 2.95. The molecule has 4 aliphatic carbocycles. The molecule has 6 aliphatic rings. The Kier molecular flexibility index (Phi) is 5.45. The first-order valence-electron chi connectivity index (χ1n) is 13.7. The lowest BCUT2D eigenvalue weighted by molar-refractivity contribution is -0.334. The van der Waals surface area contributed by atoms with Gasteiger partial charge in [0.1, 0.15) is 22.4 Å². The van der Waals surface area contributed by atoms with E-state index in [0.29, 0.717) is 12.4 Å². The second-order valence-corrected chi connectivity index (χ2v) is 25.3. The molecule has 0 radical (unpaired) electrons. The fraction of sp³-hybridized carbons (Fsp3) is 0.714. The van der Waals surface area contributed by atoms with Gasteiger partial charge in [0.25, 0.3) is 0 Å². The summed E-state index contributed by atoms with van der Waals surface area (Å²) in [7, 11) is -6.81. The maximum absolute atomic E-state index is 13.9. The van der Waals surface area contributed by atoms with E-state index in [9.17, 15) is 8.42 Å². The summed E-state index contributed by atoms with van der Waals surface area (Å²) < 4.78 is 61.3. The molecule has 2 aliphatic heterocycles. The highest BCUT2D eigenvalue weighted by Gasteiger charge is 2.96. The van der Waals surface area contributed by atoms with Crippen LogP contribution in [0.3, 0.4) is 0 Å². The van der Waals surface area contributed by atoms with Crippen LogP contribution in [-0.4, -0.2) is 62.1 Å². The van der Waals surface area contributed by atoms with Gasteiger partial charge in [-0.2, -0.15) is 8.42 Å². The Morgan fingerprint density at radius 3 is 2.24 bits per heavy atom. The van der Waals surface area contributed by atoms with Gasteiger partial charge < -0.3 is 22.8 Å². The first-order chi connectivity index (χ1) is 17.4. The van der Waals surface area contributed by atoms with Crippen molar-refractivity contribution >= 4 is 26.5 Å². The molecule has 8 atom stereocenters. The van der Waals surface area contributed by atoms with Gasteiger partial charge in [0.15, 0.2) is 8.32 Å². The topological polar surface area (TPSA) is 83.6 Å². The Morgan fingerprint density at radius 1 is 1.05 bits per heavy atom. The van der Waals surface area contributed by atoms with Gasteiger partial charge in [-0.05, 0) is 63.2 Å². The molecule has 2 spiro atoms. The molecule has 7 rings (SSSR count). The monoisotopic (exact) mass is 578 g/mol. The maximum atomic E-state index is 13.9. The number of hydrogen-bond donors (Lipinski definition) is 0. The van der Waals surface area contributed by atoms with Crippen molar-refractivity contribution in [1.29, 1.82) is 0 Å². The predicted molar refractivity (Wildman–Crippen MR) is 149 cm³/mol. The van der Waals surface area contributed by atoms with Crippen LogP contribution in [0.1, 0.15) is 25.8 Å². The molecule has 4 fully saturated rings. The molecular formula is C28H42O7SSi2. The van der Waals surface area contributed by atoms with Crippen LogP contribution in [0, 0.1) is 29.6 Å². The largest absolute Gasteiger partial charge is 0.408 e. The zero-order valence-corrected chi connectivity index (χ0v) is 27.1. The van der Waals surface area contributed by atoms with Gasteiger partial charge >= 0.3 is 10.1 Å². The van der Waals surface area contributed by atoms with Gasteiger partial charge in [-0.3, -0.25) is 0 Å². The third-order valence-corrected chi connectivity index (χ3v) is 14.4. The van der Waals surface area contributed by atoms with Gasteiger partial charge in [0.05, 0.1) is 31.6 Å². The quantitative estimate of drug-likeness (QED) is 0.249. The number of ether oxygens (including phenoxy) is 3. The fourth-order valence-corrected chi connectivity index (χ4v) is 13.9. The Balaban J connectivity index is 1.68. The summed E-state index contributed by atoms with van der Waals surface area (Å²) in [5.74, 6) is -0.575. The average molecular weight is 579 g/mol. The van der Waals surface area contributed by atoms with Crippen molar-refractivity contribution in [3.63, 3.8) is 0 Å². The molecule has 4 bridgehead atoms. The van der Waals surface area contributed by atoms with Crippen LogP contribution < -0.4 is 0 Å². The van der Waals surface area contributed by atoms with Crippen molar-refractivity contribution in [1.82, 2.24) is 0 Å². The van der Waals surface area contributed by atoms with Gasteiger partial charge in [-0.15, -0.1) is 0 Å². The molecule has 2 saturated heterocycles. The van der Waals surface area contributed by atoms with E-state index in [0.717, 1.165) is 17.2 Å². The number of rotatable bonds is 7. The van der Waals surface area contributed by atoms with Crippen molar-refractivity contribution in [2.45, 2.75) is 95.0 Å². The second-order valence-electron chi connectivity index (χ2n) is 14.3. The number of methoxy groups -OCH3 is 1. The molecule has 1 aromatic carbocycles. The van der Waals surface area contributed by atoms with Gasteiger partial charge in [-0.25, -0.2) is 0 Å². The van der Waals surface area contributed by atoms with Crippen LogP contribution in [-0.2, 0) is 32.9 Å². The molecular weight excluding hydrogens is 537 g/mol. The van der Waals surface area contributed by atoms with E-state index >= 15 is 0 Å². The minimum atomic E-state index is -4.11. The second kappa shape index (κ2) is 7.63. The van der Waals surface area contributed by atoms with E-state index < -0.39 is 54.8 Å². The summed E-state index contributed by atoms with van der Waals surface area (Å²) in [6, 6.07) is 6.84. The molecule has 0 amide bonds. The molecule has 0 aromatic heterocycles. The lowest BCUT2D eigenvalue weighted by Gasteiger charge is -2.68. The van der Waals surface area contributed by atoms with Crippen LogP contribution in [0.15, 0.2) is 40.1 Å². The van der Waals surface area contributed by atoms with Crippen LogP contribution >= 0.6 is 0 Å². The summed E-state index contributed by atoms with van der Waals surface area (Å²) in [5, 5.41) is 1.12. The first-order valence-corrected chi connectivity index (χ1v) is 22.1. The predicted octanol–water partition coefficient (Wildman–Crippen LogP) is 5.24. The van der Waals surface area contributed by atoms with Crippen molar-refractivity contribution in [2.24, 2.45) is 22.7 Å². The molecule has 10 heteroatoms.